The number of esters is 1. The van der Waals surface area contributed by atoms with Crippen molar-refractivity contribution in [2.75, 3.05) is 7.11 Å². The lowest BCUT2D eigenvalue weighted by molar-refractivity contribution is -0.144. The number of aliphatic carboxylic acids is 1. The number of carbonyl (C=O) groups excluding carboxylic acids is 2. The molecule has 0 saturated carbocycles. The molecule has 0 spiro atoms. The molecule has 7 heteroatoms. The Morgan fingerprint density at radius 1 is 1.33 bits per heavy atom. The minimum atomic E-state index is -1.19. The quantitative estimate of drug-likeness (QED) is 0.530. The minimum Gasteiger partial charge on any atom is -0.480 e. The largest absolute Gasteiger partial charge is 0.480 e. The van der Waals surface area contributed by atoms with Crippen molar-refractivity contribution in [1.29, 1.82) is 0 Å². The summed E-state index contributed by atoms with van der Waals surface area (Å²) in [5, 5.41) is 11.3. The highest BCUT2D eigenvalue weighted by Gasteiger charge is 2.25. The van der Waals surface area contributed by atoms with Crippen LogP contribution in [0.1, 0.15) is 26.7 Å². The molecular formula is C11H20N2O5. The van der Waals surface area contributed by atoms with E-state index >= 15 is 0 Å². The molecule has 0 aromatic heterocycles. The molecule has 3 unspecified atom stereocenters. The van der Waals surface area contributed by atoms with Crippen LogP contribution in [0.5, 0.6) is 0 Å². The van der Waals surface area contributed by atoms with Crippen molar-refractivity contribution in [3.63, 3.8) is 0 Å². The van der Waals surface area contributed by atoms with Crippen LogP contribution in [0.2, 0.25) is 0 Å². The Bertz CT molecular complexity index is 317. The topological polar surface area (TPSA) is 119 Å². The second-order valence-corrected chi connectivity index (χ2v) is 4.16. The molecule has 0 aromatic rings. The monoisotopic (exact) mass is 260 g/mol. The van der Waals surface area contributed by atoms with Crippen LogP contribution in [0.3, 0.4) is 0 Å². The summed E-state index contributed by atoms with van der Waals surface area (Å²) in [5.41, 5.74) is 5.55. The summed E-state index contributed by atoms with van der Waals surface area (Å²) < 4.78 is 4.41. The molecule has 4 N–H and O–H groups in total. The van der Waals surface area contributed by atoms with Crippen LogP contribution in [0.4, 0.5) is 0 Å². The molecule has 3 atom stereocenters. The molecule has 0 aliphatic carbocycles. The van der Waals surface area contributed by atoms with Gasteiger partial charge in [-0.1, -0.05) is 6.92 Å². The fourth-order valence-electron chi connectivity index (χ4n) is 1.16. The highest BCUT2D eigenvalue weighted by molar-refractivity contribution is 5.85. The summed E-state index contributed by atoms with van der Waals surface area (Å²) >= 11 is 0. The van der Waals surface area contributed by atoms with Gasteiger partial charge in [-0.05, 0) is 13.3 Å². The van der Waals surface area contributed by atoms with Crippen molar-refractivity contribution in [2.24, 2.45) is 11.7 Å². The first-order chi connectivity index (χ1) is 8.29. The number of carboxylic acid groups (broad SMARTS) is 1. The van der Waals surface area contributed by atoms with Gasteiger partial charge in [-0.25, -0.2) is 4.79 Å². The zero-order valence-corrected chi connectivity index (χ0v) is 10.8. The van der Waals surface area contributed by atoms with Gasteiger partial charge in [-0.15, -0.1) is 0 Å². The van der Waals surface area contributed by atoms with E-state index in [0.29, 0.717) is 0 Å². The SMILES string of the molecule is COC(=O)CCC(NC(=O)C(C)C(C)N)C(=O)O. The molecule has 18 heavy (non-hydrogen) atoms. The van der Waals surface area contributed by atoms with Crippen LogP contribution in [0, 0.1) is 5.92 Å². The van der Waals surface area contributed by atoms with Crippen LogP contribution < -0.4 is 11.1 Å². The van der Waals surface area contributed by atoms with Gasteiger partial charge in [0.05, 0.1) is 7.11 Å². The normalized spacial score (nSPS) is 15.3. The van der Waals surface area contributed by atoms with Gasteiger partial charge in [0, 0.05) is 18.4 Å². The average Bonchev–Trinajstić information content (AvgIpc) is 2.31. The van der Waals surface area contributed by atoms with E-state index in [0.717, 1.165) is 0 Å². The van der Waals surface area contributed by atoms with Gasteiger partial charge in [0.25, 0.3) is 0 Å². The highest BCUT2D eigenvalue weighted by atomic mass is 16.5. The smallest absolute Gasteiger partial charge is 0.326 e. The number of rotatable bonds is 7. The molecule has 7 nitrogen and oxygen atoms in total. The maximum atomic E-state index is 11.6. The fraction of sp³-hybridized carbons (Fsp3) is 0.727. The number of nitrogens with one attached hydrogen (secondary N) is 1. The lowest BCUT2D eigenvalue weighted by atomic mass is 10.0. The van der Waals surface area contributed by atoms with Crippen LogP contribution in [-0.2, 0) is 19.1 Å². The molecule has 0 aliphatic heterocycles. The fourth-order valence-corrected chi connectivity index (χ4v) is 1.16. The third kappa shape index (κ3) is 5.62. The number of hydrogen-bond acceptors (Lipinski definition) is 5. The van der Waals surface area contributed by atoms with Crippen molar-refractivity contribution in [1.82, 2.24) is 5.32 Å². The lowest BCUT2D eigenvalue weighted by Crippen LogP contribution is -2.46. The molecule has 0 radical (unpaired) electrons. The number of amides is 1. The lowest BCUT2D eigenvalue weighted by Gasteiger charge is -2.19. The Morgan fingerprint density at radius 2 is 1.89 bits per heavy atom. The third-order valence-electron chi connectivity index (χ3n) is 2.68. The predicted octanol–water partition coefficient (Wildman–Crippen LogP) is -0.508. The predicted molar refractivity (Wildman–Crippen MR) is 63.6 cm³/mol. The maximum absolute atomic E-state index is 11.6. The van der Waals surface area contributed by atoms with Crippen molar-refractivity contribution < 1.29 is 24.2 Å². The Morgan fingerprint density at radius 3 is 2.28 bits per heavy atom. The number of methoxy groups -OCH3 is 1. The Balaban J connectivity index is 4.41. The molecule has 1 amide bonds. The van der Waals surface area contributed by atoms with Gasteiger partial charge < -0.3 is 20.9 Å². The number of carboxylic acids is 1. The molecule has 104 valence electrons. The number of ether oxygens (including phenoxy) is 1. The summed E-state index contributed by atoms with van der Waals surface area (Å²) in [5.74, 6) is -2.65. The summed E-state index contributed by atoms with van der Waals surface area (Å²) in [6.45, 7) is 3.27. The van der Waals surface area contributed by atoms with Crippen molar-refractivity contribution in [3.8, 4) is 0 Å². The van der Waals surface area contributed by atoms with Gasteiger partial charge >= 0.3 is 11.9 Å². The molecule has 0 aromatic carbocycles. The molecule has 0 heterocycles. The molecule has 0 saturated heterocycles. The van der Waals surface area contributed by atoms with Gasteiger partial charge in [-0.2, -0.15) is 0 Å². The summed E-state index contributed by atoms with van der Waals surface area (Å²) in [7, 11) is 1.22. The molecular weight excluding hydrogens is 240 g/mol. The number of carbonyl (C=O) groups is 3. The van der Waals surface area contributed by atoms with Gasteiger partial charge in [-0.3, -0.25) is 9.59 Å². The van der Waals surface area contributed by atoms with E-state index in [-0.39, 0.29) is 18.9 Å². The van der Waals surface area contributed by atoms with E-state index in [1.807, 2.05) is 0 Å². The molecule has 0 rings (SSSR count). The number of nitrogens with two attached hydrogens (primary N) is 1. The third-order valence-corrected chi connectivity index (χ3v) is 2.68. The average molecular weight is 260 g/mol. The van der Waals surface area contributed by atoms with Crippen LogP contribution in [-0.4, -0.2) is 42.1 Å². The Labute approximate surface area is 106 Å². The van der Waals surface area contributed by atoms with Crippen molar-refractivity contribution in [3.05, 3.63) is 0 Å². The van der Waals surface area contributed by atoms with Gasteiger partial charge in [0.2, 0.25) is 5.91 Å². The van der Waals surface area contributed by atoms with Crippen LogP contribution >= 0.6 is 0 Å². The number of hydrogen-bond donors (Lipinski definition) is 3. The first kappa shape index (κ1) is 16.4. The van der Waals surface area contributed by atoms with E-state index in [2.05, 4.69) is 10.1 Å². The van der Waals surface area contributed by atoms with Gasteiger partial charge in [0.1, 0.15) is 6.04 Å². The van der Waals surface area contributed by atoms with E-state index in [1.54, 1.807) is 13.8 Å². The Hall–Kier alpha value is -1.63. The molecule has 0 bridgehead atoms. The minimum absolute atomic E-state index is 0.0145. The van der Waals surface area contributed by atoms with Crippen LogP contribution in [0.15, 0.2) is 0 Å². The zero-order chi connectivity index (χ0) is 14.3. The van der Waals surface area contributed by atoms with E-state index in [1.165, 1.54) is 7.11 Å². The second kappa shape index (κ2) is 7.65. The standard InChI is InChI=1S/C11H20N2O5/c1-6(7(2)12)10(15)13-8(11(16)17)4-5-9(14)18-3/h6-8H,4-5,12H2,1-3H3,(H,13,15)(H,16,17). The second-order valence-electron chi connectivity index (χ2n) is 4.16. The Kier molecular flexibility index (Phi) is 6.96. The summed E-state index contributed by atoms with van der Waals surface area (Å²) in [6, 6.07) is -1.49. The summed E-state index contributed by atoms with van der Waals surface area (Å²) in [4.78, 5) is 33.5. The first-order valence-corrected chi connectivity index (χ1v) is 5.65. The first-order valence-electron chi connectivity index (χ1n) is 5.65. The van der Waals surface area contributed by atoms with E-state index < -0.39 is 29.8 Å². The van der Waals surface area contributed by atoms with E-state index in [4.69, 9.17) is 10.8 Å². The molecule has 0 aliphatic rings. The maximum Gasteiger partial charge on any atom is 0.326 e. The summed E-state index contributed by atoms with van der Waals surface area (Å²) in [6.07, 6.45) is -0.0836. The highest BCUT2D eigenvalue weighted by Crippen LogP contribution is 2.04. The van der Waals surface area contributed by atoms with Crippen LogP contribution in [0.25, 0.3) is 0 Å². The molecule has 0 fully saturated rings. The van der Waals surface area contributed by atoms with Gasteiger partial charge in [0.15, 0.2) is 0 Å². The van der Waals surface area contributed by atoms with Crippen molar-refractivity contribution >= 4 is 17.8 Å². The van der Waals surface area contributed by atoms with E-state index in [9.17, 15) is 14.4 Å². The zero-order valence-electron chi connectivity index (χ0n) is 10.8. The van der Waals surface area contributed by atoms with Crippen molar-refractivity contribution in [2.45, 2.75) is 38.8 Å².